The minimum absolute atomic E-state index is 0.0326. The van der Waals surface area contributed by atoms with Crippen LogP contribution in [0.25, 0.3) is 0 Å². The maximum atomic E-state index is 11.5. The molecule has 1 heterocycles. The van der Waals surface area contributed by atoms with Gasteiger partial charge < -0.3 is 5.32 Å². The zero-order chi connectivity index (χ0) is 16.8. The Morgan fingerprint density at radius 2 is 1.79 bits per heavy atom. The number of benzene rings is 2. The lowest BCUT2D eigenvalue weighted by molar-refractivity contribution is 0.686. The Morgan fingerprint density at radius 3 is 2.50 bits per heavy atom. The first-order chi connectivity index (χ1) is 11.7. The van der Waals surface area contributed by atoms with Crippen LogP contribution < -0.4 is 5.32 Å². The zero-order valence-corrected chi connectivity index (χ0v) is 14.4. The second-order valence-electron chi connectivity index (χ2n) is 5.66. The normalized spacial score (nSPS) is 13.2. The van der Waals surface area contributed by atoms with Gasteiger partial charge in [0, 0.05) is 34.7 Å². The molecule has 1 N–H and O–H groups in total. The van der Waals surface area contributed by atoms with Gasteiger partial charge in [0.05, 0.1) is 11.7 Å². The molecule has 3 rings (SSSR count). The lowest BCUT2D eigenvalue weighted by Gasteiger charge is -2.20. The summed E-state index contributed by atoms with van der Waals surface area (Å²) in [6.07, 6.45) is 3.53. The molecule has 4 heteroatoms. The fraction of sp³-hybridized carbons (Fsp3) is 0.150. The van der Waals surface area contributed by atoms with Crippen molar-refractivity contribution in [2.75, 3.05) is 11.6 Å². The van der Waals surface area contributed by atoms with Gasteiger partial charge in [-0.25, -0.2) is 0 Å². The minimum Gasteiger partial charge on any atom is -0.373 e. The smallest absolute Gasteiger partial charge is 0.0940 e. The Kier molecular flexibility index (Phi) is 5.39. The summed E-state index contributed by atoms with van der Waals surface area (Å²) in [6, 6.07) is 24.2. The number of pyridine rings is 1. The zero-order valence-electron chi connectivity index (χ0n) is 13.6. The van der Waals surface area contributed by atoms with E-state index in [4.69, 9.17) is 0 Å². The SMILES string of the molecule is C[S@@](=O)Cc1cccc(N[C@@H](c2ccccc2)c2ccccn2)c1. The molecule has 0 fully saturated rings. The summed E-state index contributed by atoms with van der Waals surface area (Å²) in [7, 11) is -0.850. The molecule has 24 heavy (non-hydrogen) atoms. The van der Waals surface area contributed by atoms with Gasteiger partial charge in [0.25, 0.3) is 0 Å². The third kappa shape index (κ3) is 4.30. The molecule has 0 saturated carbocycles. The maximum absolute atomic E-state index is 11.5. The van der Waals surface area contributed by atoms with Crippen LogP contribution in [0.3, 0.4) is 0 Å². The predicted molar refractivity (Wildman–Crippen MR) is 100 cm³/mol. The van der Waals surface area contributed by atoms with E-state index in [-0.39, 0.29) is 6.04 Å². The summed E-state index contributed by atoms with van der Waals surface area (Å²) in [6.45, 7) is 0. The Labute approximate surface area is 145 Å². The van der Waals surface area contributed by atoms with E-state index in [1.54, 1.807) is 6.26 Å². The largest absolute Gasteiger partial charge is 0.373 e. The molecule has 2 aromatic carbocycles. The molecule has 0 aliphatic carbocycles. The van der Waals surface area contributed by atoms with Gasteiger partial charge in [-0.15, -0.1) is 0 Å². The number of nitrogens with zero attached hydrogens (tertiary/aromatic N) is 1. The molecule has 2 atom stereocenters. The maximum Gasteiger partial charge on any atom is 0.0940 e. The highest BCUT2D eigenvalue weighted by Crippen LogP contribution is 2.25. The monoisotopic (exact) mass is 336 g/mol. The van der Waals surface area contributed by atoms with Crippen LogP contribution >= 0.6 is 0 Å². The number of rotatable bonds is 6. The van der Waals surface area contributed by atoms with Gasteiger partial charge in [-0.3, -0.25) is 9.19 Å². The van der Waals surface area contributed by atoms with E-state index in [2.05, 4.69) is 28.5 Å². The average molecular weight is 336 g/mol. The second-order valence-corrected chi connectivity index (χ2v) is 7.10. The van der Waals surface area contributed by atoms with E-state index in [1.807, 2.05) is 60.8 Å². The molecule has 0 saturated heterocycles. The Hall–Kier alpha value is -2.46. The van der Waals surface area contributed by atoms with E-state index in [1.165, 1.54) is 0 Å². The summed E-state index contributed by atoms with van der Waals surface area (Å²) >= 11 is 0. The van der Waals surface area contributed by atoms with Gasteiger partial charge in [-0.1, -0.05) is 48.5 Å². The first-order valence-electron chi connectivity index (χ1n) is 7.84. The first-order valence-corrected chi connectivity index (χ1v) is 9.56. The quantitative estimate of drug-likeness (QED) is 0.735. The van der Waals surface area contributed by atoms with Gasteiger partial charge in [0.15, 0.2) is 0 Å². The van der Waals surface area contributed by atoms with Gasteiger partial charge in [-0.05, 0) is 35.4 Å². The second kappa shape index (κ2) is 7.88. The van der Waals surface area contributed by atoms with Gasteiger partial charge in [-0.2, -0.15) is 0 Å². The third-order valence-corrected chi connectivity index (χ3v) is 4.46. The third-order valence-electron chi connectivity index (χ3n) is 3.72. The molecular formula is C20H20N2OS. The number of hydrogen-bond acceptors (Lipinski definition) is 3. The lowest BCUT2D eigenvalue weighted by Crippen LogP contribution is -2.13. The minimum atomic E-state index is -0.850. The molecule has 0 radical (unpaired) electrons. The summed E-state index contributed by atoms with van der Waals surface area (Å²) in [5.41, 5.74) is 4.18. The van der Waals surface area contributed by atoms with Crippen molar-refractivity contribution >= 4 is 16.5 Å². The molecule has 0 amide bonds. The lowest BCUT2D eigenvalue weighted by atomic mass is 10.0. The van der Waals surface area contributed by atoms with E-state index < -0.39 is 10.8 Å². The van der Waals surface area contributed by atoms with Crippen molar-refractivity contribution in [3.63, 3.8) is 0 Å². The molecular weight excluding hydrogens is 316 g/mol. The summed E-state index contributed by atoms with van der Waals surface area (Å²) < 4.78 is 11.5. The van der Waals surface area contributed by atoms with Crippen LogP contribution in [0, 0.1) is 0 Å². The van der Waals surface area contributed by atoms with Crippen molar-refractivity contribution in [1.82, 2.24) is 4.98 Å². The van der Waals surface area contributed by atoms with Crippen molar-refractivity contribution in [3.8, 4) is 0 Å². The average Bonchev–Trinajstić information content (AvgIpc) is 2.61. The molecule has 0 bridgehead atoms. The first kappa shape index (κ1) is 16.4. The van der Waals surface area contributed by atoms with E-state index >= 15 is 0 Å². The molecule has 1 aromatic heterocycles. The molecule has 0 unspecified atom stereocenters. The van der Waals surface area contributed by atoms with Crippen LogP contribution in [-0.2, 0) is 16.6 Å². The van der Waals surface area contributed by atoms with Crippen molar-refractivity contribution < 1.29 is 4.21 Å². The molecule has 0 aliphatic rings. The van der Waals surface area contributed by atoms with Crippen LogP contribution in [0.15, 0.2) is 79.0 Å². The summed E-state index contributed by atoms with van der Waals surface area (Å²) in [5.74, 6) is 0.565. The fourth-order valence-electron chi connectivity index (χ4n) is 2.67. The predicted octanol–water partition coefficient (Wildman–Crippen LogP) is 4.16. The molecule has 122 valence electrons. The summed E-state index contributed by atoms with van der Waals surface area (Å²) in [4.78, 5) is 4.51. The van der Waals surface area contributed by atoms with Crippen molar-refractivity contribution in [3.05, 3.63) is 95.8 Å². The van der Waals surface area contributed by atoms with Gasteiger partial charge in [0.1, 0.15) is 0 Å². The highest BCUT2D eigenvalue weighted by Gasteiger charge is 2.15. The van der Waals surface area contributed by atoms with Crippen molar-refractivity contribution in [2.24, 2.45) is 0 Å². The van der Waals surface area contributed by atoms with Crippen molar-refractivity contribution in [1.29, 1.82) is 0 Å². The topological polar surface area (TPSA) is 42.0 Å². The van der Waals surface area contributed by atoms with E-state index in [0.717, 1.165) is 22.5 Å². The fourth-order valence-corrected chi connectivity index (χ4v) is 3.32. The number of hydrogen-bond donors (Lipinski definition) is 1. The number of aromatic nitrogens is 1. The van der Waals surface area contributed by atoms with E-state index in [9.17, 15) is 4.21 Å². The molecule has 3 nitrogen and oxygen atoms in total. The van der Waals surface area contributed by atoms with E-state index in [0.29, 0.717) is 5.75 Å². The number of anilines is 1. The molecule has 3 aromatic rings. The number of nitrogens with one attached hydrogen (secondary N) is 1. The summed E-state index contributed by atoms with van der Waals surface area (Å²) in [5, 5.41) is 3.56. The van der Waals surface area contributed by atoms with Gasteiger partial charge in [0.2, 0.25) is 0 Å². The molecule has 0 aliphatic heterocycles. The van der Waals surface area contributed by atoms with Crippen LogP contribution in [0.2, 0.25) is 0 Å². The highest BCUT2D eigenvalue weighted by atomic mass is 32.2. The van der Waals surface area contributed by atoms with Crippen LogP contribution in [0.1, 0.15) is 22.9 Å². The van der Waals surface area contributed by atoms with Crippen molar-refractivity contribution in [2.45, 2.75) is 11.8 Å². The van der Waals surface area contributed by atoms with Crippen LogP contribution in [0.4, 0.5) is 5.69 Å². The van der Waals surface area contributed by atoms with Gasteiger partial charge >= 0.3 is 0 Å². The highest BCUT2D eigenvalue weighted by molar-refractivity contribution is 7.83. The Bertz CT molecular complexity index is 767. The Balaban J connectivity index is 1.92. The molecule has 0 spiro atoms. The van der Waals surface area contributed by atoms with Crippen LogP contribution in [0.5, 0.6) is 0 Å². The standard InChI is InChI=1S/C20H20N2OS/c1-24(23)15-16-8-7-11-18(14-16)22-20(17-9-3-2-4-10-17)19-12-5-6-13-21-19/h2-14,20,22H,15H2,1H3/t20-,24+/m0/s1. The van der Waals surface area contributed by atoms with Crippen LogP contribution in [-0.4, -0.2) is 15.4 Å². The Morgan fingerprint density at radius 1 is 1.00 bits per heavy atom.